The molecule has 0 spiro atoms. The van der Waals surface area contributed by atoms with Crippen molar-refractivity contribution in [2.24, 2.45) is 0 Å². The van der Waals surface area contributed by atoms with Crippen LogP contribution in [0.4, 0.5) is 0 Å². The third-order valence-corrected chi connectivity index (χ3v) is 1.29. The number of aromatic carboxylic acids is 1. The Morgan fingerprint density at radius 2 is 1.73 bits per heavy atom. The van der Waals surface area contributed by atoms with Crippen molar-refractivity contribution in [2.75, 3.05) is 13.7 Å². The quantitative estimate of drug-likeness (QED) is 0.783. The minimum absolute atomic E-state index is 0.208. The summed E-state index contributed by atoms with van der Waals surface area (Å²) in [6.07, 6.45) is 0. The van der Waals surface area contributed by atoms with Gasteiger partial charge in [-0.3, -0.25) is 0 Å². The first-order valence-electron chi connectivity index (χ1n) is 4.07. The number of rotatable bonds is 3. The van der Waals surface area contributed by atoms with Gasteiger partial charge in [0.05, 0.1) is 5.56 Å². The molecule has 0 amide bonds. The highest BCUT2D eigenvalue weighted by Gasteiger charge is 1.96. The number of ether oxygens (including phenoxy) is 1. The summed E-state index contributed by atoms with van der Waals surface area (Å²) in [5, 5.41) is 16.2. The lowest BCUT2D eigenvalue weighted by Gasteiger charge is -1.88. The zero-order chi connectivity index (χ0) is 11.7. The second-order valence-corrected chi connectivity index (χ2v) is 2.50. The van der Waals surface area contributed by atoms with Crippen molar-refractivity contribution in [3.63, 3.8) is 0 Å². The predicted octanol–water partition coefficient (Wildman–Crippen LogP) is 1.10. The van der Waals surface area contributed by atoms with E-state index in [1.807, 2.05) is 0 Å². The SMILES string of the molecule is COCC(=O)O.O=C(O)c1ccccc1. The summed E-state index contributed by atoms with van der Waals surface area (Å²) in [5.74, 6) is -1.81. The molecule has 15 heavy (non-hydrogen) atoms. The van der Waals surface area contributed by atoms with E-state index in [-0.39, 0.29) is 6.61 Å². The highest BCUT2D eigenvalue weighted by atomic mass is 16.5. The molecule has 5 nitrogen and oxygen atoms in total. The maximum Gasteiger partial charge on any atom is 0.335 e. The van der Waals surface area contributed by atoms with Crippen LogP contribution in [-0.2, 0) is 9.53 Å². The maximum atomic E-state index is 10.2. The normalized spacial score (nSPS) is 8.60. The summed E-state index contributed by atoms with van der Waals surface area (Å²) in [4.78, 5) is 19.7. The Bertz CT molecular complexity index is 307. The number of aliphatic carboxylic acids is 1. The van der Waals surface area contributed by atoms with Gasteiger partial charge >= 0.3 is 11.9 Å². The molecule has 2 N–H and O–H groups in total. The molecule has 1 rings (SSSR count). The van der Waals surface area contributed by atoms with E-state index in [2.05, 4.69) is 4.74 Å². The molecule has 0 heterocycles. The van der Waals surface area contributed by atoms with Crippen molar-refractivity contribution < 1.29 is 24.5 Å². The molecule has 0 aliphatic heterocycles. The van der Waals surface area contributed by atoms with Crippen LogP contribution in [0, 0.1) is 0 Å². The third kappa shape index (κ3) is 7.21. The fourth-order valence-corrected chi connectivity index (χ4v) is 0.704. The first kappa shape index (κ1) is 13.1. The molecule has 0 aliphatic carbocycles. The topological polar surface area (TPSA) is 83.8 Å². The summed E-state index contributed by atoms with van der Waals surface area (Å²) < 4.78 is 4.20. The van der Waals surface area contributed by atoms with Gasteiger partial charge in [0, 0.05) is 7.11 Å². The highest BCUT2D eigenvalue weighted by molar-refractivity contribution is 5.87. The number of benzene rings is 1. The Morgan fingerprint density at radius 3 is 1.93 bits per heavy atom. The molecule has 0 aromatic heterocycles. The van der Waals surface area contributed by atoms with Crippen LogP contribution in [0.5, 0.6) is 0 Å². The molecule has 1 aromatic carbocycles. The number of carboxylic acid groups (broad SMARTS) is 2. The van der Waals surface area contributed by atoms with Gasteiger partial charge in [0.15, 0.2) is 0 Å². The van der Waals surface area contributed by atoms with Crippen molar-refractivity contribution in [2.45, 2.75) is 0 Å². The summed E-state index contributed by atoms with van der Waals surface area (Å²) >= 11 is 0. The molecule has 0 bridgehead atoms. The molecule has 0 atom stereocenters. The lowest BCUT2D eigenvalue weighted by molar-refractivity contribution is -0.141. The van der Waals surface area contributed by atoms with Crippen LogP contribution in [-0.4, -0.2) is 35.9 Å². The molecule has 0 saturated carbocycles. The average molecular weight is 212 g/mol. The molecule has 1 aromatic rings. The van der Waals surface area contributed by atoms with Gasteiger partial charge < -0.3 is 14.9 Å². The van der Waals surface area contributed by atoms with Gasteiger partial charge in [0.1, 0.15) is 6.61 Å². The fourth-order valence-electron chi connectivity index (χ4n) is 0.704. The van der Waals surface area contributed by atoms with Crippen LogP contribution >= 0.6 is 0 Å². The smallest absolute Gasteiger partial charge is 0.335 e. The van der Waals surface area contributed by atoms with Crippen molar-refractivity contribution in [1.29, 1.82) is 0 Å². The number of carbonyl (C=O) groups is 2. The zero-order valence-corrected chi connectivity index (χ0v) is 8.21. The highest BCUT2D eigenvalue weighted by Crippen LogP contribution is 1.96. The average Bonchev–Trinajstić information content (AvgIpc) is 2.20. The van der Waals surface area contributed by atoms with E-state index in [4.69, 9.17) is 10.2 Å². The van der Waals surface area contributed by atoms with Crippen molar-refractivity contribution in [3.05, 3.63) is 35.9 Å². The van der Waals surface area contributed by atoms with Crippen molar-refractivity contribution in [3.8, 4) is 0 Å². The second kappa shape index (κ2) is 7.52. The molecule has 0 unspecified atom stereocenters. The Balaban J connectivity index is 0.000000288. The van der Waals surface area contributed by atoms with Crippen LogP contribution in [0.2, 0.25) is 0 Å². The Labute approximate surface area is 86.9 Å². The zero-order valence-electron chi connectivity index (χ0n) is 8.21. The molecular weight excluding hydrogens is 200 g/mol. The largest absolute Gasteiger partial charge is 0.480 e. The van der Waals surface area contributed by atoms with Gasteiger partial charge in [0.2, 0.25) is 0 Å². The molecule has 82 valence electrons. The van der Waals surface area contributed by atoms with Gasteiger partial charge in [-0.15, -0.1) is 0 Å². The van der Waals surface area contributed by atoms with E-state index in [1.165, 1.54) is 7.11 Å². The lowest BCUT2D eigenvalue weighted by atomic mass is 10.2. The van der Waals surface area contributed by atoms with Crippen LogP contribution in [0.15, 0.2) is 30.3 Å². The van der Waals surface area contributed by atoms with Crippen LogP contribution < -0.4 is 0 Å². The first-order chi connectivity index (χ1) is 7.07. The predicted molar refractivity (Wildman–Crippen MR) is 52.9 cm³/mol. The molecule has 5 heteroatoms. The second-order valence-electron chi connectivity index (χ2n) is 2.50. The fraction of sp³-hybridized carbons (Fsp3) is 0.200. The molecule has 0 aliphatic rings. The summed E-state index contributed by atoms with van der Waals surface area (Å²) in [5.41, 5.74) is 0.331. The third-order valence-electron chi connectivity index (χ3n) is 1.29. The molecule has 0 radical (unpaired) electrons. The number of hydrogen-bond acceptors (Lipinski definition) is 3. The molecular formula is C10H12O5. The minimum atomic E-state index is -0.933. The lowest BCUT2D eigenvalue weighted by Crippen LogP contribution is -2.02. The number of methoxy groups -OCH3 is 1. The first-order valence-corrected chi connectivity index (χ1v) is 4.07. The van der Waals surface area contributed by atoms with Crippen LogP contribution in [0.1, 0.15) is 10.4 Å². The summed E-state index contributed by atoms with van der Waals surface area (Å²) in [7, 11) is 1.34. The van der Waals surface area contributed by atoms with E-state index in [0.29, 0.717) is 5.56 Å². The van der Waals surface area contributed by atoms with E-state index in [9.17, 15) is 9.59 Å². The Morgan fingerprint density at radius 1 is 1.20 bits per heavy atom. The monoisotopic (exact) mass is 212 g/mol. The van der Waals surface area contributed by atoms with Gasteiger partial charge in [-0.2, -0.15) is 0 Å². The van der Waals surface area contributed by atoms with E-state index in [0.717, 1.165) is 0 Å². The Kier molecular flexibility index (Phi) is 6.57. The number of hydrogen-bond donors (Lipinski definition) is 2. The minimum Gasteiger partial charge on any atom is -0.480 e. The maximum absolute atomic E-state index is 10.2. The van der Waals surface area contributed by atoms with Gasteiger partial charge in [-0.25, -0.2) is 9.59 Å². The molecule has 0 fully saturated rings. The van der Waals surface area contributed by atoms with Gasteiger partial charge in [-0.1, -0.05) is 18.2 Å². The van der Waals surface area contributed by atoms with Gasteiger partial charge in [-0.05, 0) is 12.1 Å². The summed E-state index contributed by atoms with van der Waals surface area (Å²) in [6, 6.07) is 8.30. The van der Waals surface area contributed by atoms with E-state index in [1.54, 1.807) is 30.3 Å². The van der Waals surface area contributed by atoms with E-state index < -0.39 is 11.9 Å². The van der Waals surface area contributed by atoms with Crippen molar-refractivity contribution >= 4 is 11.9 Å². The van der Waals surface area contributed by atoms with Crippen LogP contribution in [0.25, 0.3) is 0 Å². The van der Waals surface area contributed by atoms with Crippen molar-refractivity contribution in [1.82, 2.24) is 0 Å². The summed E-state index contributed by atoms with van der Waals surface area (Å²) in [6.45, 7) is -0.208. The Hall–Kier alpha value is -1.88. The molecule has 0 saturated heterocycles. The van der Waals surface area contributed by atoms with E-state index >= 15 is 0 Å². The number of carboxylic acids is 2. The van der Waals surface area contributed by atoms with Gasteiger partial charge in [0.25, 0.3) is 0 Å². The van der Waals surface area contributed by atoms with Crippen LogP contribution in [0.3, 0.4) is 0 Å². The standard InChI is InChI=1S/C7H6O2.C3H6O3/c8-7(9)6-4-2-1-3-5-6;1-6-2-3(4)5/h1-5H,(H,8,9);2H2,1H3,(H,4,5).